The molecule has 2 rings (SSSR count). The molecule has 0 spiro atoms. The van der Waals surface area contributed by atoms with Gasteiger partial charge in [-0.1, -0.05) is 11.6 Å². The number of aliphatic hydroxyl groups is 1. The van der Waals surface area contributed by atoms with E-state index in [1.54, 1.807) is 13.0 Å². The van der Waals surface area contributed by atoms with E-state index in [0.29, 0.717) is 29.9 Å². The highest BCUT2D eigenvalue weighted by Gasteiger charge is 2.25. The molecule has 0 radical (unpaired) electrons. The highest BCUT2D eigenvalue weighted by molar-refractivity contribution is 6.29. The number of ether oxygens (including phenoxy) is 1. The zero-order valence-corrected chi connectivity index (χ0v) is 12.7. The zero-order chi connectivity index (χ0) is 14.6. The number of nitrogens with one attached hydrogen (secondary N) is 1. The van der Waals surface area contributed by atoms with E-state index in [-0.39, 0.29) is 0 Å². The molecule has 1 saturated heterocycles. The van der Waals surface area contributed by atoms with Crippen LogP contribution in [0.3, 0.4) is 0 Å². The van der Waals surface area contributed by atoms with E-state index in [4.69, 9.17) is 16.3 Å². The fraction of sp³-hybridized carbons (Fsp3) is 0.692. The first-order chi connectivity index (χ1) is 9.44. The molecular formula is C13H21ClN4O2. The van der Waals surface area contributed by atoms with E-state index < -0.39 is 5.60 Å². The number of aromatic nitrogens is 2. The number of aryl methyl sites for hydroxylation is 1. The van der Waals surface area contributed by atoms with E-state index in [9.17, 15) is 5.11 Å². The molecule has 1 aromatic heterocycles. The number of halogens is 1. The van der Waals surface area contributed by atoms with E-state index in [1.165, 1.54) is 0 Å². The van der Waals surface area contributed by atoms with Crippen LogP contribution in [0, 0.1) is 6.92 Å². The monoisotopic (exact) mass is 300 g/mol. The van der Waals surface area contributed by atoms with Gasteiger partial charge in [-0.2, -0.15) is 0 Å². The third-order valence-corrected chi connectivity index (χ3v) is 3.32. The Balaban J connectivity index is 1.87. The van der Waals surface area contributed by atoms with E-state index in [1.807, 2.05) is 6.92 Å². The summed E-state index contributed by atoms with van der Waals surface area (Å²) in [5.41, 5.74) is -0.845. The Bertz CT molecular complexity index is 430. The van der Waals surface area contributed by atoms with Crippen LogP contribution in [0.4, 0.5) is 5.82 Å². The summed E-state index contributed by atoms with van der Waals surface area (Å²) in [5, 5.41) is 14.0. The summed E-state index contributed by atoms with van der Waals surface area (Å²) in [6.07, 6.45) is 0. The van der Waals surface area contributed by atoms with Crippen molar-refractivity contribution in [3.63, 3.8) is 0 Å². The van der Waals surface area contributed by atoms with Gasteiger partial charge in [0.2, 0.25) is 0 Å². The van der Waals surface area contributed by atoms with Crippen LogP contribution in [-0.4, -0.2) is 65.0 Å². The number of β-amino-alcohol motifs (C(OH)–C–C–N with tert-alkyl or cyclic N) is 1. The molecule has 0 unspecified atom stereocenters. The van der Waals surface area contributed by atoms with Gasteiger partial charge in [0.1, 0.15) is 16.8 Å². The molecule has 2 N–H and O–H groups in total. The molecule has 0 bridgehead atoms. The van der Waals surface area contributed by atoms with Gasteiger partial charge >= 0.3 is 0 Å². The summed E-state index contributed by atoms with van der Waals surface area (Å²) in [6, 6.07) is 1.65. The molecule has 112 valence electrons. The summed E-state index contributed by atoms with van der Waals surface area (Å²) in [7, 11) is 0. The van der Waals surface area contributed by atoms with Crippen molar-refractivity contribution in [2.24, 2.45) is 0 Å². The maximum absolute atomic E-state index is 10.4. The smallest absolute Gasteiger partial charge is 0.134 e. The topological polar surface area (TPSA) is 70.5 Å². The molecule has 1 atom stereocenters. The van der Waals surface area contributed by atoms with Gasteiger partial charge in [-0.3, -0.25) is 4.90 Å². The Labute approximate surface area is 124 Å². The fourth-order valence-electron chi connectivity index (χ4n) is 2.20. The van der Waals surface area contributed by atoms with Gasteiger partial charge in [0.25, 0.3) is 0 Å². The Morgan fingerprint density at radius 1 is 1.45 bits per heavy atom. The Kier molecular flexibility index (Phi) is 5.15. The first kappa shape index (κ1) is 15.4. The predicted molar refractivity (Wildman–Crippen MR) is 78.2 cm³/mol. The number of morpholine rings is 1. The predicted octanol–water partition coefficient (Wildman–Crippen LogP) is 0.934. The summed E-state index contributed by atoms with van der Waals surface area (Å²) in [6.45, 7) is 7.75. The summed E-state index contributed by atoms with van der Waals surface area (Å²) in [4.78, 5) is 10.4. The van der Waals surface area contributed by atoms with Crippen molar-refractivity contribution in [2.75, 3.05) is 44.7 Å². The molecule has 0 aromatic carbocycles. The molecule has 2 heterocycles. The lowest BCUT2D eigenvalue weighted by Gasteiger charge is -2.34. The van der Waals surface area contributed by atoms with Crippen molar-refractivity contribution in [3.8, 4) is 0 Å². The molecule has 1 fully saturated rings. The van der Waals surface area contributed by atoms with Crippen LogP contribution in [0.2, 0.25) is 5.15 Å². The maximum atomic E-state index is 10.4. The van der Waals surface area contributed by atoms with Gasteiger partial charge in [0.05, 0.1) is 18.8 Å². The van der Waals surface area contributed by atoms with E-state index >= 15 is 0 Å². The minimum absolute atomic E-state index is 0.396. The van der Waals surface area contributed by atoms with Crippen molar-refractivity contribution >= 4 is 17.4 Å². The quantitative estimate of drug-likeness (QED) is 0.789. The van der Waals surface area contributed by atoms with Crippen molar-refractivity contribution in [1.29, 1.82) is 0 Å². The van der Waals surface area contributed by atoms with Crippen molar-refractivity contribution in [2.45, 2.75) is 19.4 Å². The van der Waals surface area contributed by atoms with Crippen LogP contribution < -0.4 is 5.32 Å². The third-order valence-electron chi connectivity index (χ3n) is 3.12. The van der Waals surface area contributed by atoms with Crippen LogP contribution in [0.25, 0.3) is 0 Å². The molecule has 1 aliphatic heterocycles. The normalized spacial score (nSPS) is 19.6. The second-order valence-electron chi connectivity index (χ2n) is 5.36. The third kappa shape index (κ3) is 4.86. The molecule has 6 nitrogen and oxygen atoms in total. The standard InChI is InChI=1S/C13H21ClN4O2/c1-10-16-11(14)7-12(17-10)15-8-13(2,19)9-18-3-5-20-6-4-18/h7,19H,3-6,8-9H2,1-2H3,(H,15,16,17)/t13-/m0/s1. The second kappa shape index (κ2) is 6.67. The summed E-state index contributed by atoms with van der Waals surface area (Å²) in [5.74, 6) is 1.23. The van der Waals surface area contributed by atoms with Crippen LogP contribution in [0.5, 0.6) is 0 Å². The van der Waals surface area contributed by atoms with Gasteiger partial charge in [0.15, 0.2) is 0 Å². The maximum Gasteiger partial charge on any atom is 0.134 e. The number of rotatable bonds is 5. The summed E-state index contributed by atoms with van der Waals surface area (Å²) < 4.78 is 5.30. The van der Waals surface area contributed by atoms with E-state index in [0.717, 1.165) is 26.3 Å². The van der Waals surface area contributed by atoms with Gasteiger partial charge < -0.3 is 15.2 Å². The minimum Gasteiger partial charge on any atom is -0.387 e. The Morgan fingerprint density at radius 3 is 2.80 bits per heavy atom. The highest BCUT2D eigenvalue weighted by atomic mass is 35.5. The van der Waals surface area contributed by atoms with Gasteiger partial charge in [-0.15, -0.1) is 0 Å². The zero-order valence-electron chi connectivity index (χ0n) is 11.9. The van der Waals surface area contributed by atoms with Crippen LogP contribution in [0.15, 0.2) is 6.07 Å². The SMILES string of the molecule is Cc1nc(Cl)cc(NC[C@](C)(O)CN2CCOCC2)n1. The number of anilines is 1. The van der Waals surface area contributed by atoms with Gasteiger partial charge in [0, 0.05) is 32.2 Å². The molecule has 1 aliphatic rings. The first-order valence-electron chi connectivity index (χ1n) is 6.72. The number of hydrogen-bond acceptors (Lipinski definition) is 6. The lowest BCUT2D eigenvalue weighted by molar-refractivity contribution is -0.0164. The van der Waals surface area contributed by atoms with Gasteiger partial charge in [-0.05, 0) is 13.8 Å². The fourth-order valence-corrected chi connectivity index (χ4v) is 2.43. The van der Waals surface area contributed by atoms with E-state index in [2.05, 4.69) is 20.2 Å². The van der Waals surface area contributed by atoms with Crippen molar-refractivity contribution < 1.29 is 9.84 Å². The van der Waals surface area contributed by atoms with Crippen molar-refractivity contribution in [1.82, 2.24) is 14.9 Å². The van der Waals surface area contributed by atoms with Crippen molar-refractivity contribution in [3.05, 3.63) is 17.0 Å². The van der Waals surface area contributed by atoms with Crippen LogP contribution in [0.1, 0.15) is 12.7 Å². The lowest BCUT2D eigenvalue weighted by atomic mass is 10.1. The molecule has 1 aromatic rings. The number of hydrogen-bond donors (Lipinski definition) is 2. The molecular weight excluding hydrogens is 280 g/mol. The molecule has 7 heteroatoms. The summed E-state index contributed by atoms with van der Waals surface area (Å²) >= 11 is 5.88. The average Bonchev–Trinajstić information content (AvgIpc) is 2.36. The molecule has 0 amide bonds. The average molecular weight is 301 g/mol. The Hall–Kier alpha value is -0.950. The number of nitrogens with zero attached hydrogens (tertiary/aromatic N) is 3. The lowest BCUT2D eigenvalue weighted by Crippen LogP contribution is -2.49. The van der Waals surface area contributed by atoms with Crippen LogP contribution >= 0.6 is 11.6 Å². The Morgan fingerprint density at radius 2 is 2.15 bits per heavy atom. The van der Waals surface area contributed by atoms with Crippen LogP contribution in [-0.2, 0) is 4.74 Å². The largest absolute Gasteiger partial charge is 0.387 e. The molecule has 20 heavy (non-hydrogen) atoms. The highest BCUT2D eigenvalue weighted by Crippen LogP contribution is 2.14. The molecule has 0 saturated carbocycles. The molecule has 0 aliphatic carbocycles. The minimum atomic E-state index is -0.845. The first-order valence-corrected chi connectivity index (χ1v) is 7.10. The second-order valence-corrected chi connectivity index (χ2v) is 5.75. The van der Waals surface area contributed by atoms with Gasteiger partial charge in [-0.25, -0.2) is 9.97 Å².